The van der Waals surface area contributed by atoms with Crippen LogP contribution in [0.2, 0.25) is 5.02 Å². The minimum atomic E-state index is 0.551. The highest BCUT2D eigenvalue weighted by atomic mass is 35.5. The van der Waals surface area contributed by atoms with Gasteiger partial charge in [-0.05, 0) is 6.07 Å². The van der Waals surface area contributed by atoms with Crippen LogP contribution in [-0.4, -0.2) is 10.9 Å². The molecule has 3 heteroatoms. The largest absolute Gasteiger partial charge is 0.263 e. The van der Waals surface area contributed by atoms with Gasteiger partial charge in [0.2, 0.25) is 0 Å². The number of alkyl halides is 1. The average molecular weight is 200 g/mol. The number of rotatable bonds is 1. The number of nitrogens with zero attached hydrogens (tertiary/aromatic N) is 1. The highest BCUT2D eigenvalue weighted by Crippen LogP contribution is 2.11. The molecule has 0 saturated carbocycles. The van der Waals surface area contributed by atoms with Crippen LogP contribution in [0.15, 0.2) is 18.5 Å². The molecule has 1 aromatic rings. The maximum absolute atomic E-state index is 5.81. The van der Waals surface area contributed by atoms with Gasteiger partial charge in [0.25, 0.3) is 0 Å². The van der Waals surface area contributed by atoms with E-state index < -0.39 is 0 Å². The first-order valence-electron chi connectivity index (χ1n) is 3.49. The van der Waals surface area contributed by atoms with E-state index in [4.69, 9.17) is 23.2 Å². The van der Waals surface area contributed by atoms with Crippen molar-refractivity contribution in [1.82, 2.24) is 4.98 Å². The highest BCUT2D eigenvalue weighted by molar-refractivity contribution is 6.31. The summed E-state index contributed by atoms with van der Waals surface area (Å²) in [4.78, 5) is 3.85. The molecule has 0 aliphatic heterocycles. The number of pyridine rings is 1. The molecule has 0 aliphatic carbocycles. The Bertz CT molecular complexity index is 312. The van der Waals surface area contributed by atoms with Gasteiger partial charge in [-0.1, -0.05) is 23.4 Å². The third-order valence-corrected chi connectivity index (χ3v) is 1.71. The Kier molecular flexibility index (Phi) is 3.93. The second-order valence-electron chi connectivity index (χ2n) is 2.10. The lowest BCUT2D eigenvalue weighted by Crippen LogP contribution is -1.78. The number of aromatic nitrogens is 1. The Morgan fingerprint density at radius 2 is 2.33 bits per heavy atom. The highest BCUT2D eigenvalue weighted by Gasteiger charge is 1.92. The number of halogens is 2. The Morgan fingerprint density at radius 1 is 1.50 bits per heavy atom. The Morgan fingerprint density at radius 3 is 3.00 bits per heavy atom. The first-order chi connectivity index (χ1) is 5.84. The minimum Gasteiger partial charge on any atom is -0.263 e. The molecule has 1 aromatic heterocycles. The SMILES string of the molecule is ClCCC#Cc1ccncc1Cl. The standard InChI is InChI=1S/C9H7Cl2N/c10-5-2-1-3-8-4-6-12-7-9(8)11/h4,6-7H,2,5H2. The van der Waals surface area contributed by atoms with Gasteiger partial charge in [0.05, 0.1) is 5.02 Å². The van der Waals surface area contributed by atoms with Gasteiger partial charge in [-0.15, -0.1) is 11.6 Å². The van der Waals surface area contributed by atoms with Crippen LogP contribution in [0.25, 0.3) is 0 Å². The van der Waals surface area contributed by atoms with Crippen LogP contribution < -0.4 is 0 Å². The molecule has 0 fully saturated rings. The van der Waals surface area contributed by atoms with E-state index in [1.807, 2.05) is 0 Å². The summed E-state index contributed by atoms with van der Waals surface area (Å²) in [6.45, 7) is 0. The first-order valence-corrected chi connectivity index (χ1v) is 4.40. The molecule has 1 heterocycles. The summed E-state index contributed by atoms with van der Waals surface area (Å²) in [5.41, 5.74) is 0.803. The predicted molar refractivity (Wildman–Crippen MR) is 51.5 cm³/mol. The fourth-order valence-corrected chi connectivity index (χ4v) is 0.943. The fourth-order valence-electron chi connectivity index (χ4n) is 0.682. The van der Waals surface area contributed by atoms with Crippen LogP contribution in [0.1, 0.15) is 12.0 Å². The molecule has 0 N–H and O–H groups in total. The summed E-state index contributed by atoms with van der Waals surface area (Å²) in [5.74, 6) is 6.36. The van der Waals surface area contributed by atoms with Crippen molar-refractivity contribution in [2.45, 2.75) is 6.42 Å². The molecule has 1 rings (SSSR count). The zero-order valence-corrected chi connectivity index (χ0v) is 7.86. The van der Waals surface area contributed by atoms with Crippen LogP contribution >= 0.6 is 23.2 Å². The van der Waals surface area contributed by atoms with Crippen LogP contribution in [0.3, 0.4) is 0 Å². The van der Waals surface area contributed by atoms with Crippen molar-refractivity contribution >= 4 is 23.2 Å². The molecule has 0 saturated heterocycles. The van der Waals surface area contributed by atoms with Crippen molar-refractivity contribution in [3.8, 4) is 11.8 Å². The van der Waals surface area contributed by atoms with E-state index in [9.17, 15) is 0 Å². The zero-order valence-electron chi connectivity index (χ0n) is 6.35. The molecule has 0 bridgehead atoms. The van der Waals surface area contributed by atoms with Gasteiger partial charge in [0.15, 0.2) is 0 Å². The smallest absolute Gasteiger partial charge is 0.0745 e. The lowest BCUT2D eigenvalue weighted by molar-refractivity contribution is 1.28. The second kappa shape index (κ2) is 5.03. The van der Waals surface area contributed by atoms with Gasteiger partial charge < -0.3 is 0 Å². The Hall–Kier alpha value is -0.710. The second-order valence-corrected chi connectivity index (χ2v) is 2.88. The average Bonchev–Trinajstić information content (AvgIpc) is 2.09. The van der Waals surface area contributed by atoms with E-state index in [0.29, 0.717) is 17.3 Å². The lowest BCUT2D eigenvalue weighted by Gasteiger charge is -1.91. The van der Waals surface area contributed by atoms with E-state index in [-0.39, 0.29) is 0 Å². The van der Waals surface area contributed by atoms with E-state index in [1.54, 1.807) is 18.5 Å². The van der Waals surface area contributed by atoms with Crippen LogP contribution in [0.5, 0.6) is 0 Å². The fraction of sp³-hybridized carbons (Fsp3) is 0.222. The topological polar surface area (TPSA) is 12.9 Å². The van der Waals surface area contributed by atoms with Crippen molar-refractivity contribution < 1.29 is 0 Å². The normalized spacial score (nSPS) is 8.83. The third-order valence-electron chi connectivity index (χ3n) is 1.21. The predicted octanol–water partition coefficient (Wildman–Crippen LogP) is 2.72. The summed E-state index contributed by atoms with van der Waals surface area (Å²) in [6, 6.07) is 1.78. The summed E-state index contributed by atoms with van der Waals surface area (Å²) in [5, 5.41) is 0.583. The monoisotopic (exact) mass is 199 g/mol. The molecule has 1 nitrogen and oxygen atoms in total. The maximum Gasteiger partial charge on any atom is 0.0745 e. The van der Waals surface area contributed by atoms with Crippen LogP contribution in [0.4, 0.5) is 0 Å². The van der Waals surface area contributed by atoms with Gasteiger partial charge in [-0.3, -0.25) is 4.98 Å². The molecule has 62 valence electrons. The van der Waals surface area contributed by atoms with Crippen LogP contribution in [0, 0.1) is 11.8 Å². The summed E-state index contributed by atoms with van der Waals surface area (Å²) in [6.07, 6.45) is 3.92. The van der Waals surface area contributed by atoms with Gasteiger partial charge >= 0.3 is 0 Å². The molecule has 0 radical (unpaired) electrons. The Labute approximate surface area is 81.7 Å². The van der Waals surface area contributed by atoms with E-state index in [1.165, 1.54) is 0 Å². The van der Waals surface area contributed by atoms with Gasteiger partial charge in [-0.25, -0.2) is 0 Å². The van der Waals surface area contributed by atoms with Crippen molar-refractivity contribution in [3.63, 3.8) is 0 Å². The molecule has 0 aliphatic rings. The quantitative estimate of drug-likeness (QED) is 0.501. The molecule has 12 heavy (non-hydrogen) atoms. The third kappa shape index (κ3) is 2.73. The summed E-state index contributed by atoms with van der Waals surface area (Å²) < 4.78 is 0. The van der Waals surface area contributed by atoms with E-state index in [2.05, 4.69) is 16.8 Å². The van der Waals surface area contributed by atoms with Gasteiger partial charge in [0.1, 0.15) is 0 Å². The summed E-state index contributed by atoms with van der Waals surface area (Å²) in [7, 11) is 0. The van der Waals surface area contributed by atoms with Gasteiger partial charge in [0, 0.05) is 30.3 Å². The Balaban J connectivity index is 2.77. The number of hydrogen-bond acceptors (Lipinski definition) is 1. The molecular formula is C9H7Cl2N. The van der Waals surface area contributed by atoms with Crippen molar-refractivity contribution in [2.75, 3.05) is 5.88 Å². The molecule has 0 amide bonds. The van der Waals surface area contributed by atoms with Gasteiger partial charge in [-0.2, -0.15) is 0 Å². The van der Waals surface area contributed by atoms with Crippen molar-refractivity contribution in [3.05, 3.63) is 29.0 Å². The molecule has 0 atom stereocenters. The van der Waals surface area contributed by atoms with E-state index in [0.717, 1.165) is 5.56 Å². The first kappa shape index (κ1) is 9.38. The molecule has 0 aromatic carbocycles. The maximum atomic E-state index is 5.81. The molecular weight excluding hydrogens is 193 g/mol. The van der Waals surface area contributed by atoms with Crippen molar-refractivity contribution in [2.24, 2.45) is 0 Å². The van der Waals surface area contributed by atoms with E-state index >= 15 is 0 Å². The summed E-state index contributed by atoms with van der Waals surface area (Å²) >= 11 is 11.3. The molecule has 0 unspecified atom stereocenters. The zero-order chi connectivity index (χ0) is 8.81. The number of hydrogen-bond donors (Lipinski definition) is 0. The minimum absolute atomic E-state index is 0.551. The molecule has 0 spiro atoms. The van der Waals surface area contributed by atoms with Crippen molar-refractivity contribution in [1.29, 1.82) is 0 Å². The van der Waals surface area contributed by atoms with Crippen LogP contribution in [-0.2, 0) is 0 Å². The lowest BCUT2D eigenvalue weighted by atomic mass is 10.2.